The first-order valence-electron chi connectivity index (χ1n) is 7.49. The van der Waals surface area contributed by atoms with Gasteiger partial charge in [-0.3, -0.25) is 9.59 Å². The van der Waals surface area contributed by atoms with Crippen molar-refractivity contribution in [3.63, 3.8) is 0 Å². The van der Waals surface area contributed by atoms with E-state index in [1.165, 1.54) is 12.0 Å². The topological polar surface area (TPSA) is 85.3 Å². The molecule has 0 saturated heterocycles. The van der Waals surface area contributed by atoms with Crippen LogP contribution in [0.5, 0.6) is 5.75 Å². The Hall–Kier alpha value is -1.83. The Morgan fingerprint density at radius 2 is 1.96 bits per heavy atom. The number of benzene rings is 1. The number of hydrogen-bond donors (Lipinski definition) is 1. The van der Waals surface area contributed by atoms with Gasteiger partial charge in [0, 0.05) is 13.1 Å². The van der Waals surface area contributed by atoms with Crippen LogP contribution in [0.2, 0.25) is 5.02 Å². The molecule has 8 heteroatoms. The number of ether oxygens (including phenoxy) is 3. The molecule has 0 atom stereocenters. The van der Waals surface area contributed by atoms with Crippen LogP contribution in [0.1, 0.15) is 6.42 Å². The summed E-state index contributed by atoms with van der Waals surface area (Å²) in [6.07, 6.45) is 0.0777. The van der Waals surface area contributed by atoms with Crippen molar-refractivity contribution in [3.8, 4) is 5.75 Å². The fourth-order valence-electron chi connectivity index (χ4n) is 1.82. The molecule has 0 spiro atoms. The number of methoxy groups -OCH3 is 1. The second-order valence-electron chi connectivity index (χ2n) is 4.76. The minimum Gasteiger partial charge on any atom is -0.482 e. The first kappa shape index (κ1) is 20.2. The van der Waals surface area contributed by atoms with Crippen LogP contribution in [0.3, 0.4) is 0 Å². The van der Waals surface area contributed by atoms with Crippen LogP contribution >= 0.6 is 11.6 Å². The van der Waals surface area contributed by atoms with E-state index in [9.17, 15) is 9.59 Å². The Labute approximate surface area is 146 Å². The van der Waals surface area contributed by atoms with Crippen molar-refractivity contribution in [1.82, 2.24) is 4.90 Å². The van der Waals surface area contributed by atoms with Gasteiger partial charge in [0.2, 0.25) is 0 Å². The van der Waals surface area contributed by atoms with Crippen molar-refractivity contribution in [2.45, 2.75) is 6.42 Å². The van der Waals surface area contributed by atoms with Crippen molar-refractivity contribution < 1.29 is 28.9 Å². The molecule has 1 rings (SSSR count). The minimum atomic E-state index is -0.406. The summed E-state index contributed by atoms with van der Waals surface area (Å²) in [6.45, 7) is 0.618. The molecule has 0 aliphatic carbocycles. The molecule has 0 fully saturated rings. The number of rotatable bonds is 11. The first-order chi connectivity index (χ1) is 11.6. The highest BCUT2D eigenvalue weighted by Crippen LogP contribution is 2.22. The van der Waals surface area contributed by atoms with Gasteiger partial charge in [-0.05, 0) is 12.1 Å². The van der Waals surface area contributed by atoms with Crippen molar-refractivity contribution in [3.05, 3.63) is 29.3 Å². The van der Waals surface area contributed by atoms with Crippen molar-refractivity contribution in [2.75, 3.05) is 46.6 Å². The maximum Gasteiger partial charge on any atom is 0.307 e. The monoisotopic (exact) mass is 359 g/mol. The molecule has 0 aliphatic rings. The zero-order chi connectivity index (χ0) is 17.8. The van der Waals surface area contributed by atoms with Crippen LogP contribution in [0.4, 0.5) is 0 Å². The molecule has 7 nitrogen and oxygen atoms in total. The summed E-state index contributed by atoms with van der Waals surface area (Å²) < 4.78 is 15.2. The van der Waals surface area contributed by atoms with Gasteiger partial charge in [0.15, 0.2) is 6.61 Å². The third-order valence-electron chi connectivity index (χ3n) is 3.10. The summed E-state index contributed by atoms with van der Waals surface area (Å²) in [6, 6.07) is 6.85. The number of aliphatic hydroxyl groups is 1. The van der Waals surface area contributed by atoms with Gasteiger partial charge in [-0.1, -0.05) is 23.7 Å². The molecule has 1 aromatic rings. The van der Waals surface area contributed by atoms with E-state index in [-0.39, 0.29) is 51.8 Å². The SMILES string of the molecule is COC(=O)CCN(CCOCCO)C(=O)COc1ccccc1Cl. The van der Waals surface area contributed by atoms with E-state index >= 15 is 0 Å². The number of hydrogen-bond acceptors (Lipinski definition) is 6. The number of halogens is 1. The van der Waals surface area contributed by atoms with Crippen molar-refractivity contribution >= 4 is 23.5 Å². The van der Waals surface area contributed by atoms with Crippen LogP contribution in [0.25, 0.3) is 0 Å². The minimum absolute atomic E-state index is 0.0777. The van der Waals surface area contributed by atoms with Gasteiger partial charge in [0.05, 0.1) is 38.4 Å². The lowest BCUT2D eigenvalue weighted by Crippen LogP contribution is -2.39. The lowest BCUT2D eigenvalue weighted by molar-refractivity contribution is -0.142. The summed E-state index contributed by atoms with van der Waals surface area (Å²) in [5.41, 5.74) is 0. The molecule has 24 heavy (non-hydrogen) atoms. The zero-order valence-electron chi connectivity index (χ0n) is 13.6. The fraction of sp³-hybridized carbons (Fsp3) is 0.500. The summed E-state index contributed by atoms with van der Waals surface area (Å²) in [5.74, 6) is -0.292. The molecule has 0 aromatic heterocycles. The molecular weight excluding hydrogens is 338 g/mol. The third kappa shape index (κ3) is 7.63. The van der Waals surface area contributed by atoms with Gasteiger partial charge in [-0.2, -0.15) is 0 Å². The van der Waals surface area contributed by atoms with Crippen molar-refractivity contribution in [2.24, 2.45) is 0 Å². The molecule has 134 valence electrons. The molecule has 1 N–H and O–H groups in total. The van der Waals surface area contributed by atoms with Crippen LogP contribution in [-0.4, -0.2) is 68.5 Å². The number of amides is 1. The van der Waals surface area contributed by atoms with Gasteiger partial charge in [0.1, 0.15) is 5.75 Å². The zero-order valence-corrected chi connectivity index (χ0v) is 14.3. The van der Waals surface area contributed by atoms with Gasteiger partial charge in [-0.25, -0.2) is 0 Å². The Balaban J connectivity index is 2.54. The Kier molecular flexibility index (Phi) is 9.83. The lowest BCUT2D eigenvalue weighted by Gasteiger charge is -2.22. The van der Waals surface area contributed by atoms with E-state index in [1.54, 1.807) is 24.3 Å². The summed E-state index contributed by atoms with van der Waals surface area (Å²) >= 11 is 5.97. The highest BCUT2D eigenvalue weighted by molar-refractivity contribution is 6.32. The predicted molar refractivity (Wildman–Crippen MR) is 88.1 cm³/mol. The number of para-hydroxylation sites is 1. The van der Waals surface area contributed by atoms with Gasteiger partial charge < -0.3 is 24.2 Å². The molecule has 0 aliphatic heterocycles. The largest absolute Gasteiger partial charge is 0.482 e. The third-order valence-corrected chi connectivity index (χ3v) is 3.41. The first-order valence-corrected chi connectivity index (χ1v) is 7.86. The van der Waals surface area contributed by atoms with Crippen LogP contribution in [0.15, 0.2) is 24.3 Å². The molecule has 1 amide bonds. The number of carbonyl (C=O) groups excluding carboxylic acids is 2. The molecule has 0 radical (unpaired) electrons. The average molecular weight is 360 g/mol. The molecule has 0 unspecified atom stereocenters. The smallest absolute Gasteiger partial charge is 0.307 e. The van der Waals surface area contributed by atoms with Crippen LogP contribution in [0, 0.1) is 0 Å². The number of nitrogens with zero attached hydrogens (tertiary/aromatic N) is 1. The second-order valence-corrected chi connectivity index (χ2v) is 5.17. The quantitative estimate of drug-likeness (QED) is 0.471. The lowest BCUT2D eigenvalue weighted by atomic mass is 10.3. The van der Waals surface area contributed by atoms with E-state index in [0.717, 1.165) is 0 Å². The van der Waals surface area contributed by atoms with E-state index in [0.29, 0.717) is 10.8 Å². The van der Waals surface area contributed by atoms with Crippen LogP contribution in [-0.2, 0) is 19.1 Å². The molecule has 1 aromatic carbocycles. The van der Waals surface area contributed by atoms with E-state index in [1.807, 2.05) is 0 Å². The summed E-state index contributed by atoms with van der Waals surface area (Å²) in [5, 5.41) is 9.10. The maximum atomic E-state index is 12.3. The van der Waals surface area contributed by atoms with Gasteiger partial charge in [0.25, 0.3) is 5.91 Å². The predicted octanol–water partition coefficient (Wildman–Crippen LogP) is 1.12. The number of aliphatic hydroxyl groups excluding tert-OH is 1. The number of carbonyl (C=O) groups is 2. The highest BCUT2D eigenvalue weighted by Gasteiger charge is 2.16. The average Bonchev–Trinajstić information content (AvgIpc) is 2.59. The standard InChI is InChI=1S/C16H22ClNO6/c1-22-16(21)6-7-18(8-10-23-11-9-19)15(20)12-24-14-5-3-2-4-13(14)17/h2-5,19H,6-12H2,1H3. The molecule has 0 saturated carbocycles. The van der Waals surface area contributed by atoms with Gasteiger partial charge >= 0.3 is 5.97 Å². The van der Waals surface area contributed by atoms with Gasteiger partial charge in [-0.15, -0.1) is 0 Å². The Morgan fingerprint density at radius 1 is 1.21 bits per heavy atom. The second kappa shape index (κ2) is 11.7. The van der Waals surface area contributed by atoms with E-state index in [2.05, 4.69) is 4.74 Å². The van der Waals surface area contributed by atoms with E-state index in [4.69, 9.17) is 26.2 Å². The Bertz CT molecular complexity index is 525. The molecular formula is C16H22ClNO6. The maximum absolute atomic E-state index is 12.3. The molecule has 0 bridgehead atoms. The summed E-state index contributed by atoms with van der Waals surface area (Å²) in [7, 11) is 1.29. The van der Waals surface area contributed by atoms with Crippen LogP contribution < -0.4 is 4.74 Å². The van der Waals surface area contributed by atoms with E-state index < -0.39 is 5.97 Å². The summed E-state index contributed by atoms with van der Waals surface area (Å²) in [4.78, 5) is 25.0. The normalized spacial score (nSPS) is 10.3. The number of esters is 1. The Morgan fingerprint density at radius 3 is 2.62 bits per heavy atom. The molecule has 0 heterocycles. The van der Waals surface area contributed by atoms with Crippen molar-refractivity contribution in [1.29, 1.82) is 0 Å². The highest BCUT2D eigenvalue weighted by atomic mass is 35.5. The fourth-order valence-corrected chi connectivity index (χ4v) is 2.01.